The van der Waals surface area contributed by atoms with Gasteiger partial charge in [-0.3, -0.25) is 4.79 Å². The number of nitrogens with one attached hydrogen (secondary N) is 1. The van der Waals surface area contributed by atoms with Gasteiger partial charge in [-0.2, -0.15) is 0 Å². The average molecular weight is 232 g/mol. The maximum absolute atomic E-state index is 11.9. The summed E-state index contributed by atoms with van der Waals surface area (Å²) >= 11 is 0. The molecule has 0 aliphatic heterocycles. The summed E-state index contributed by atoms with van der Waals surface area (Å²) in [6.07, 6.45) is 3.84. The third kappa shape index (κ3) is 2.86. The zero-order valence-electron chi connectivity index (χ0n) is 10.3. The van der Waals surface area contributed by atoms with Crippen LogP contribution in [-0.2, 0) is 17.8 Å². The minimum Gasteiger partial charge on any atom is -0.351 e. The highest BCUT2D eigenvalue weighted by molar-refractivity contribution is 5.79. The fraction of sp³-hybridized carbons (Fsp3) is 0.500. The molecule has 0 aromatic heterocycles. The van der Waals surface area contributed by atoms with E-state index >= 15 is 0 Å². The van der Waals surface area contributed by atoms with Crippen LogP contribution >= 0.6 is 0 Å². The molecule has 1 fully saturated rings. The van der Waals surface area contributed by atoms with Crippen LogP contribution in [0.2, 0.25) is 0 Å². The van der Waals surface area contributed by atoms with Crippen LogP contribution in [0.15, 0.2) is 24.3 Å². The van der Waals surface area contributed by atoms with E-state index in [9.17, 15) is 4.79 Å². The van der Waals surface area contributed by atoms with E-state index in [0.29, 0.717) is 13.0 Å². The SMILES string of the molecule is CC1(NC(=O)Cc2ccccc2CN)CCC1. The van der Waals surface area contributed by atoms with Crippen molar-refractivity contribution >= 4 is 5.91 Å². The molecule has 92 valence electrons. The van der Waals surface area contributed by atoms with Crippen molar-refractivity contribution in [3.63, 3.8) is 0 Å². The van der Waals surface area contributed by atoms with Crippen molar-refractivity contribution in [3.05, 3.63) is 35.4 Å². The summed E-state index contributed by atoms with van der Waals surface area (Å²) in [7, 11) is 0. The third-order valence-corrected chi connectivity index (χ3v) is 3.59. The maximum Gasteiger partial charge on any atom is 0.224 e. The Morgan fingerprint density at radius 2 is 2.00 bits per heavy atom. The molecule has 0 bridgehead atoms. The number of hydrogen-bond acceptors (Lipinski definition) is 2. The van der Waals surface area contributed by atoms with Crippen LogP contribution in [0.3, 0.4) is 0 Å². The summed E-state index contributed by atoms with van der Waals surface area (Å²) < 4.78 is 0. The van der Waals surface area contributed by atoms with E-state index in [1.807, 2.05) is 24.3 Å². The van der Waals surface area contributed by atoms with Crippen molar-refractivity contribution < 1.29 is 4.79 Å². The molecular weight excluding hydrogens is 212 g/mol. The van der Waals surface area contributed by atoms with Gasteiger partial charge in [0.05, 0.1) is 6.42 Å². The first-order valence-electron chi connectivity index (χ1n) is 6.21. The van der Waals surface area contributed by atoms with Gasteiger partial charge >= 0.3 is 0 Å². The van der Waals surface area contributed by atoms with Crippen LogP contribution in [0.1, 0.15) is 37.3 Å². The molecule has 3 N–H and O–H groups in total. The monoisotopic (exact) mass is 232 g/mol. The van der Waals surface area contributed by atoms with Gasteiger partial charge in [0, 0.05) is 12.1 Å². The minimum absolute atomic E-state index is 0.0365. The number of rotatable bonds is 4. The summed E-state index contributed by atoms with van der Waals surface area (Å²) in [4.78, 5) is 11.9. The van der Waals surface area contributed by atoms with Crippen LogP contribution in [0.4, 0.5) is 0 Å². The molecule has 3 heteroatoms. The highest BCUT2D eigenvalue weighted by Crippen LogP contribution is 2.30. The summed E-state index contributed by atoms with van der Waals surface area (Å²) in [5.74, 6) is 0.105. The Hall–Kier alpha value is -1.35. The van der Waals surface area contributed by atoms with E-state index in [0.717, 1.165) is 24.0 Å². The topological polar surface area (TPSA) is 55.1 Å². The minimum atomic E-state index is 0.0365. The molecule has 1 aliphatic carbocycles. The zero-order valence-corrected chi connectivity index (χ0v) is 10.3. The Labute approximate surface area is 102 Å². The lowest BCUT2D eigenvalue weighted by atomic mass is 9.78. The molecule has 1 aromatic carbocycles. The van der Waals surface area contributed by atoms with Gasteiger partial charge in [-0.25, -0.2) is 0 Å². The summed E-state index contributed by atoms with van der Waals surface area (Å²) in [5.41, 5.74) is 7.79. The zero-order chi connectivity index (χ0) is 12.3. The quantitative estimate of drug-likeness (QED) is 0.831. The number of amides is 1. The molecule has 0 spiro atoms. The first kappa shape index (κ1) is 12.1. The van der Waals surface area contributed by atoms with Gasteiger partial charge < -0.3 is 11.1 Å². The first-order chi connectivity index (χ1) is 8.13. The number of nitrogens with two attached hydrogens (primary N) is 1. The van der Waals surface area contributed by atoms with E-state index in [4.69, 9.17) is 5.73 Å². The molecule has 0 heterocycles. The largest absolute Gasteiger partial charge is 0.351 e. The van der Waals surface area contributed by atoms with E-state index in [-0.39, 0.29) is 11.4 Å². The number of hydrogen-bond donors (Lipinski definition) is 2. The molecule has 0 unspecified atom stereocenters. The van der Waals surface area contributed by atoms with Gasteiger partial charge in [0.25, 0.3) is 0 Å². The second-order valence-electron chi connectivity index (χ2n) is 5.11. The average Bonchev–Trinajstić information content (AvgIpc) is 2.27. The van der Waals surface area contributed by atoms with E-state index in [1.165, 1.54) is 6.42 Å². The van der Waals surface area contributed by atoms with Crippen molar-refractivity contribution in [1.29, 1.82) is 0 Å². The molecule has 1 aliphatic rings. The van der Waals surface area contributed by atoms with Crippen LogP contribution < -0.4 is 11.1 Å². The maximum atomic E-state index is 11.9. The van der Waals surface area contributed by atoms with Gasteiger partial charge in [-0.15, -0.1) is 0 Å². The fourth-order valence-corrected chi connectivity index (χ4v) is 2.31. The smallest absolute Gasteiger partial charge is 0.224 e. The highest BCUT2D eigenvalue weighted by atomic mass is 16.1. The fourth-order valence-electron chi connectivity index (χ4n) is 2.31. The Kier molecular flexibility index (Phi) is 3.48. The van der Waals surface area contributed by atoms with Gasteiger partial charge in [0.2, 0.25) is 5.91 Å². The molecule has 0 atom stereocenters. The lowest BCUT2D eigenvalue weighted by Crippen LogP contribution is -2.51. The van der Waals surface area contributed by atoms with Crippen LogP contribution in [0.25, 0.3) is 0 Å². The van der Waals surface area contributed by atoms with Gasteiger partial charge in [-0.05, 0) is 37.3 Å². The number of carbonyl (C=O) groups excluding carboxylic acids is 1. The Morgan fingerprint density at radius 3 is 2.53 bits per heavy atom. The Bertz CT molecular complexity index is 410. The van der Waals surface area contributed by atoms with Crippen LogP contribution in [-0.4, -0.2) is 11.4 Å². The number of carbonyl (C=O) groups is 1. The number of benzene rings is 1. The predicted molar refractivity (Wildman–Crippen MR) is 68.4 cm³/mol. The molecule has 17 heavy (non-hydrogen) atoms. The first-order valence-corrected chi connectivity index (χ1v) is 6.21. The van der Waals surface area contributed by atoms with Crippen molar-refractivity contribution in [3.8, 4) is 0 Å². The summed E-state index contributed by atoms with van der Waals surface area (Å²) in [5, 5.41) is 3.11. The highest BCUT2D eigenvalue weighted by Gasteiger charge is 2.32. The molecule has 1 amide bonds. The molecular formula is C14H20N2O. The standard InChI is InChI=1S/C14H20N2O/c1-14(7-4-8-14)16-13(17)9-11-5-2-3-6-12(11)10-15/h2-3,5-6H,4,7-10,15H2,1H3,(H,16,17). The molecule has 0 saturated heterocycles. The normalized spacial score (nSPS) is 17.3. The van der Waals surface area contributed by atoms with Crippen LogP contribution in [0.5, 0.6) is 0 Å². The lowest BCUT2D eigenvalue weighted by Gasteiger charge is -2.39. The summed E-state index contributed by atoms with van der Waals surface area (Å²) in [6.45, 7) is 2.60. The van der Waals surface area contributed by atoms with E-state index in [1.54, 1.807) is 0 Å². The predicted octanol–water partition coefficient (Wildman–Crippen LogP) is 1.75. The lowest BCUT2D eigenvalue weighted by molar-refractivity contribution is -0.123. The van der Waals surface area contributed by atoms with Gasteiger partial charge in [-0.1, -0.05) is 24.3 Å². The molecule has 1 aromatic rings. The third-order valence-electron chi connectivity index (χ3n) is 3.59. The Balaban J connectivity index is 1.98. The van der Waals surface area contributed by atoms with Crippen molar-refractivity contribution in [2.24, 2.45) is 5.73 Å². The molecule has 3 nitrogen and oxygen atoms in total. The summed E-state index contributed by atoms with van der Waals surface area (Å²) in [6, 6.07) is 7.86. The van der Waals surface area contributed by atoms with E-state index in [2.05, 4.69) is 12.2 Å². The van der Waals surface area contributed by atoms with Gasteiger partial charge in [0.1, 0.15) is 0 Å². The molecule has 1 saturated carbocycles. The second kappa shape index (κ2) is 4.88. The Morgan fingerprint density at radius 1 is 1.35 bits per heavy atom. The van der Waals surface area contributed by atoms with E-state index < -0.39 is 0 Å². The van der Waals surface area contributed by atoms with Gasteiger partial charge in [0.15, 0.2) is 0 Å². The van der Waals surface area contributed by atoms with Crippen LogP contribution in [0, 0.1) is 0 Å². The van der Waals surface area contributed by atoms with Crippen molar-refractivity contribution in [2.45, 2.75) is 44.7 Å². The second-order valence-corrected chi connectivity index (χ2v) is 5.11. The molecule has 2 rings (SSSR count). The van der Waals surface area contributed by atoms with Crippen molar-refractivity contribution in [2.75, 3.05) is 0 Å². The molecule has 0 radical (unpaired) electrons. The van der Waals surface area contributed by atoms with Crippen molar-refractivity contribution in [1.82, 2.24) is 5.32 Å².